The molecule has 0 saturated carbocycles. The van der Waals surface area contributed by atoms with Crippen LogP contribution in [0.2, 0.25) is 0 Å². The van der Waals surface area contributed by atoms with Crippen LogP contribution in [0.5, 0.6) is 0 Å². The molecule has 1 aromatic heterocycles. The molecule has 0 aliphatic carbocycles. The van der Waals surface area contributed by atoms with Gasteiger partial charge < -0.3 is 20.5 Å². The first kappa shape index (κ1) is 14.6. The molecule has 0 unspecified atom stereocenters. The summed E-state index contributed by atoms with van der Waals surface area (Å²) >= 11 is 3.45. The van der Waals surface area contributed by atoms with E-state index in [4.69, 9.17) is 15.2 Å². The topological polar surface area (TPSA) is 69.4 Å². The summed E-state index contributed by atoms with van der Waals surface area (Å²) in [5.41, 5.74) is 8.46. The number of nitrogen functional groups attached to an aromatic ring is 1. The van der Waals surface area contributed by atoms with Crippen molar-refractivity contribution in [2.24, 2.45) is 0 Å². The number of hydrogen-bond donors (Lipinski definition) is 2. The number of anilines is 2. The molecule has 21 heavy (non-hydrogen) atoms. The summed E-state index contributed by atoms with van der Waals surface area (Å²) in [6.45, 7) is 5.05. The molecule has 0 bridgehead atoms. The van der Waals surface area contributed by atoms with E-state index >= 15 is 0 Å². The average molecular weight is 352 g/mol. The van der Waals surface area contributed by atoms with E-state index in [2.05, 4.69) is 26.2 Å². The molecule has 1 fully saturated rings. The fourth-order valence-electron chi connectivity index (χ4n) is 2.46. The highest BCUT2D eigenvalue weighted by atomic mass is 79.9. The van der Waals surface area contributed by atoms with Gasteiger partial charge in [0.05, 0.1) is 29.7 Å². The first-order valence-electron chi connectivity index (χ1n) is 6.84. The van der Waals surface area contributed by atoms with Gasteiger partial charge in [0.1, 0.15) is 6.10 Å². The predicted molar refractivity (Wildman–Crippen MR) is 87.2 cm³/mol. The summed E-state index contributed by atoms with van der Waals surface area (Å²) in [5.74, 6) is -0.511. The van der Waals surface area contributed by atoms with E-state index in [-0.39, 0.29) is 6.10 Å². The maximum absolute atomic E-state index is 6.05. The second-order valence-corrected chi connectivity index (χ2v) is 6.50. The molecule has 0 spiro atoms. The van der Waals surface area contributed by atoms with Gasteiger partial charge in [-0.15, -0.1) is 0 Å². The summed E-state index contributed by atoms with van der Waals surface area (Å²) in [7, 11) is 0. The molecule has 1 aliphatic heterocycles. The highest BCUT2D eigenvalue weighted by molar-refractivity contribution is 9.10. The normalized spacial score (nSPS) is 20.8. The molecule has 6 heteroatoms. The first-order chi connectivity index (χ1) is 9.94. The molecule has 5 nitrogen and oxygen atoms in total. The van der Waals surface area contributed by atoms with Crippen LogP contribution in [-0.2, 0) is 9.47 Å². The van der Waals surface area contributed by atoms with Crippen LogP contribution in [0, 0.1) is 0 Å². The standard InChI is InChI=1S/C15H18BrN3O2/c1-15(2)20-8-10(21-15)6-19-14-11-4-3-9(16)5-13(11)18-7-12(14)17/h3-5,7,10H,6,8,17H2,1-2H3,(H,18,19)/t10-/m1/s1. The molecular weight excluding hydrogens is 334 g/mol. The van der Waals surface area contributed by atoms with Crippen molar-refractivity contribution in [1.29, 1.82) is 0 Å². The number of fused-ring (bicyclic) bond motifs is 1. The van der Waals surface area contributed by atoms with E-state index < -0.39 is 5.79 Å². The van der Waals surface area contributed by atoms with Gasteiger partial charge in [0, 0.05) is 16.4 Å². The summed E-state index contributed by atoms with van der Waals surface area (Å²) in [5, 5.41) is 4.37. The number of hydrogen-bond acceptors (Lipinski definition) is 5. The van der Waals surface area contributed by atoms with Crippen molar-refractivity contribution >= 4 is 38.2 Å². The van der Waals surface area contributed by atoms with Gasteiger partial charge in [0.15, 0.2) is 5.79 Å². The Hall–Kier alpha value is -1.37. The predicted octanol–water partition coefficient (Wildman–Crippen LogP) is 3.14. The minimum Gasteiger partial charge on any atom is -0.396 e. The monoisotopic (exact) mass is 351 g/mol. The van der Waals surface area contributed by atoms with E-state index in [1.807, 2.05) is 32.0 Å². The summed E-state index contributed by atoms with van der Waals surface area (Å²) in [6, 6.07) is 5.95. The smallest absolute Gasteiger partial charge is 0.163 e. The second-order valence-electron chi connectivity index (χ2n) is 5.58. The lowest BCUT2D eigenvalue weighted by atomic mass is 10.1. The molecule has 1 aromatic carbocycles. The number of benzene rings is 1. The number of aromatic nitrogens is 1. The summed E-state index contributed by atoms with van der Waals surface area (Å²) in [6.07, 6.45) is 1.69. The van der Waals surface area contributed by atoms with Crippen LogP contribution in [0.15, 0.2) is 28.9 Å². The number of nitrogens with one attached hydrogen (secondary N) is 1. The highest BCUT2D eigenvalue weighted by Gasteiger charge is 2.32. The zero-order valence-corrected chi connectivity index (χ0v) is 13.6. The molecule has 112 valence electrons. The summed E-state index contributed by atoms with van der Waals surface area (Å²) in [4.78, 5) is 4.35. The maximum Gasteiger partial charge on any atom is 0.163 e. The number of halogens is 1. The molecule has 0 radical (unpaired) electrons. The van der Waals surface area contributed by atoms with Crippen molar-refractivity contribution in [3.63, 3.8) is 0 Å². The van der Waals surface area contributed by atoms with Crippen LogP contribution < -0.4 is 11.1 Å². The van der Waals surface area contributed by atoms with E-state index in [0.29, 0.717) is 18.8 Å². The van der Waals surface area contributed by atoms with E-state index in [1.165, 1.54) is 0 Å². The molecule has 1 aliphatic rings. The van der Waals surface area contributed by atoms with Crippen LogP contribution >= 0.6 is 15.9 Å². The second kappa shape index (κ2) is 5.44. The minimum atomic E-state index is -0.511. The molecule has 3 rings (SSSR count). The number of rotatable bonds is 3. The molecule has 1 saturated heterocycles. The van der Waals surface area contributed by atoms with Crippen molar-refractivity contribution in [1.82, 2.24) is 4.98 Å². The third-order valence-electron chi connectivity index (χ3n) is 3.43. The van der Waals surface area contributed by atoms with Crippen LogP contribution in [0.25, 0.3) is 10.9 Å². The molecule has 0 amide bonds. The Labute approximate surface area is 132 Å². The van der Waals surface area contributed by atoms with Crippen LogP contribution in [0.3, 0.4) is 0 Å². The molecule has 3 N–H and O–H groups in total. The molecule has 2 aromatic rings. The lowest BCUT2D eigenvalue weighted by molar-refractivity contribution is -0.136. The quantitative estimate of drug-likeness (QED) is 0.888. The lowest BCUT2D eigenvalue weighted by Crippen LogP contribution is -2.26. The van der Waals surface area contributed by atoms with Gasteiger partial charge in [0.25, 0.3) is 0 Å². The Morgan fingerprint density at radius 2 is 2.29 bits per heavy atom. The first-order valence-corrected chi connectivity index (χ1v) is 7.63. The van der Waals surface area contributed by atoms with Gasteiger partial charge in [-0.1, -0.05) is 15.9 Å². The van der Waals surface area contributed by atoms with Gasteiger partial charge >= 0.3 is 0 Å². The van der Waals surface area contributed by atoms with Gasteiger partial charge in [-0.05, 0) is 32.0 Å². The van der Waals surface area contributed by atoms with E-state index in [1.54, 1.807) is 6.20 Å². The zero-order chi connectivity index (χ0) is 15.0. The molecule has 1 atom stereocenters. The van der Waals surface area contributed by atoms with Crippen LogP contribution in [0.4, 0.5) is 11.4 Å². The van der Waals surface area contributed by atoms with Gasteiger partial charge in [-0.25, -0.2) is 0 Å². The summed E-state index contributed by atoms with van der Waals surface area (Å²) < 4.78 is 12.3. The lowest BCUT2D eigenvalue weighted by Gasteiger charge is -2.18. The fraction of sp³-hybridized carbons (Fsp3) is 0.400. The van der Waals surface area contributed by atoms with Crippen LogP contribution in [-0.4, -0.2) is 30.0 Å². The largest absolute Gasteiger partial charge is 0.396 e. The molecular formula is C15H18BrN3O2. The average Bonchev–Trinajstić information content (AvgIpc) is 2.77. The third kappa shape index (κ3) is 3.12. The Morgan fingerprint density at radius 1 is 1.48 bits per heavy atom. The third-order valence-corrected chi connectivity index (χ3v) is 3.93. The van der Waals surface area contributed by atoms with Crippen molar-refractivity contribution < 1.29 is 9.47 Å². The van der Waals surface area contributed by atoms with Gasteiger partial charge in [-0.2, -0.15) is 0 Å². The van der Waals surface area contributed by atoms with Crippen molar-refractivity contribution in [2.45, 2.75) is 25.7 Å². The van der Waals surface area contributed by atoms with E-state index in [9.17, 15) is 0 Å². The number of nitrogens with two attached hydrogens (primary N) is 1. The SMILES string of the molecule is CC1(C)OC[C@@H](CNc2c(N)cnc3cc(Br)ccc23)O1. The maximum atomic E-state index is 6.05. The van der Waals surface area contributed by atoms with Crippen molar-refractivity contribution in [2.75, 3.05) is 24.2 Å². The Morgan fingerprint density at radius 3 is 3.00 bits per heavy atom. The van der Waals surface area contributed by atoms with Crippen molar-refractivity contribution in [3.05, 3.63) is 28.9 Å². The molecule has 2 heterocycles. The van der Waals surface area contributed by atoms with E-state index in [0.717, 1.165) is 21.1 Å². The van der Waals surface area contributed by atoms with Gasteiger partial charge in [-0.3, -0.25) is 4.98 Å². The van der Waals surface area contributed by atoms with Crippen LogP contribution in [0.1, 0.15) is 13.8 Å². The number of ether oxygens (including phenoxy) is 2. The highest BCUT2D eigenvalue weighted by Crippen LogP contribution is 2.30. The fourth-order valence-corrected chi connectivity index (χ4v) is 2.81. The Bertz CT molecular complexity index is 675. The Kier molecular flexibility index (Phi) is 3.77. The minimum absolute atomic E-state index is 0.0121. The van der Waals surface area contributed by atoms with Crippen molar-refractivity contribution in [3.8, 4) is 0 Å². The van der Waals surface area contributed by atoms with Gasteiger partial charge in [0.2, 0.25) is 0 Å². The Balaban J connectivity index is 1.82. The number of nitrogens with zero attached hydrogens (tertiary/aromatic N) is 1. The number of pyridine rings is 1. The zero-order valence-electron chi connectivity index (χ0n) is 12.0.